The molecule has 3 rings (SSSR count). The van der Waals surface area contributed by atoms with E-state index in [0.29, 0.717) is 43.5 Å². The number of anilines is 1. The Labute approximate surface area is 186 Å². The van der Waals surface area contributed by atoms with Gasteiger partial charge in [-0.1, -0.05) is 30.3 Å². The number of nitrogens with zero attached hydrogens (tertiary/aromatic N) is 2. The Morgan fingerprint density at radius 2 is 1.78 bits per heavy atom. The van der Waals surface area contributed by atoms with Gasteiger partial charge in [0.15, 0.2) is 0 Å². The van der Waals surface area contributed by atoms with E-state index in [1.165, 1.54) is 0 Å². The fourth-order valence-corrected chi connectivity index (χ4v) is 3.53. The summed E-state index contributed by atoms with van der Waals surface area (Å²) in [5.41, 5.74) is 13.6. The smallest absolute Gasteiger partial charge is 0.326 e. The third-order valence-electron chi connectivity index (χ3n) is 5.29. The van der Waals surface area contributed by atoms with Gasteiger partial charge in [-0.3, -0.25) is 14.6 Å². The van der Waals surface area contributed by atoms with Crippen LogP contribution in [0.3, 0.4) is 0 Å². The van der Waals surface area contributed by atoms with Crippen LogP contribution in [0.2, 0.25) is 0 Å². The zero-order valence-corrected chi connectivity index (χ0v) is 17.6. The number of primary amides is 1. The minimum absolute atomic E-state index is 0.316. The predicted octanol–water partition coefficient (Wildman–Crippen LogP) is 1.47. The number of unbranched alkanes of at least 4 members (excludes halogenated alkanes) is 1. The number of hydrogen-bond acceptors (Lipinski definition) is 6. The molecule has 0 spiro atoms. The van der Waals surface area contributed by atoms with Crippen LogP contribution in [0, 0.1) is 0 Å². The minimum Gasteiger partial charge on any atom is -0.480 e. The first-order valence-electron chi connectivity index (χ1n) is 10.5. The van der Waals surface area contributed by atoms with Crippen molar-refractivity contribution < 1.29 is 19.5 Å². The topological polar surface area (TPSA) is 151 Å². The number of hydrogen-bond donors (Lipinski definition) is 4. The van der Waals surface area contributed by atoms with E-state index in [1.54, 1.807) is 29.3 Å². The highest BCUT2D eigenvalue weighted by Crippen LogP contribution is 2.26. The zero-order chi connectivity index (χ0) is 23.1. The van der Waals surface area contributed by atoms with Crippen LogP contribution in [0.1, 0.15) is 41.6 Å². The Bertz CT molecular complexity index is 991. The number of para-hydroxylation sites is 1. The lowest BCUT2D eigenvalue weighted by Crippen LogP contribution is -2.40. The van der Waals surface area contributed by atoms with Gasteiger partial charge in [-0.2, -0.15) is 5.10 Å². The van der Waals surface area contributed by atoms with Crippen LogP contribution < -0.4 is 21.8 Å². The van der Waals surface area contributed by atoms with E-state index in [9.17, 15) is 19.5 Å². The van der Waals surface area contributed by atoms with E-state index in [2.05, 4.69) is 10.4 Å². The zero-order valence-electron chi connectivity index (χ0n) is 17.6. The molecule has 0 aliphatic carbocycles. The maximum atomic E-state index is 12.5. The second-order valence-electron chi connectivity index (χ2n) is 7.58. The Balaban J connectivity index is 1.72. The Hall–Kier alpha value is -3.72. The number of carbonyl (C=O) groups is 3. The van der Waals surface area contributed by atoms with Crippen LogP contribution in [0.4, 0.5) is 5.69 Å². The SMILES string of the molecule is NCCCC[C@H](NC(=O)c1ccc(C2=NN(c3ccccc3)C(C(N)=O)C2)cc1)C(=O)O. The molecule has 2 aromatic carbocycles. The van der Waals surface area contributed by atoms with Crippen LogP contribution in [-0.2, 0) is 9.59 Å². The third-order valence-corrected chi connectivity index (χ3v) is 5.29. The highest BCUT2D eigenvalue weighted by atomic mass is 16.4. The number of aliphatic carboxylic acids is 1. The van der Waals surface area contributed by atoms with Gasteiger partial charge in [0.25, 0.3) is 5.91 Å². The Morgan fingerprint density at radius 1 is 1.09 bits per heavy atom. The van der Waals surface area contributed by atoms with Gasteiger partial charge in [-0.05, 0) is 55.6 Å². The van der Waals surface area contributed by atoms with E-state index >= 15 is 0 Å². The van der Waals surface area contributed by atoms with E-state index in [-0.39, 0.29) is 0 Å². The average Bonchev–Trinajstić information content (AvgIpc) is 3.25. The molecule has 32 heavy (non-hydrogen) atoms. The van der Waals surface area contributed by atoms with Gasteiger partial charge in [-0.25, -0.2) is 4.79 Å². The maximum absolute atomic E-state index is 12.5. The third kappa shape index (κ3) is 5.50. The number of amides is 2. The number of rotatable bonds is 10. The molecule has 6 N–H and O–H groups in total. The fourth-order valence-electron chi connectivity index (χ4n) is 3.53. The van der Waals surface area contributed by atoms with Gasteiger partial charge in [0.05, 0.1) is 11.4 Å². The molecule has 1 aliphatic rings. The molecule has 9 nitrogen and oxygen atoms in total. The van der Waals surface area contributed by atoms with Gasteiger partial charge < -0.3 is 21.9 Å². The lowest BCUT2D eigenvalue weighted by atomic mass is 10.0. The van der Waals surface area contributed by atoms with Crippen molar-refractivity contribution >= 4 is 29.2 Å². The summed E-state index contributed by atoms with van der Waals surface area (Å²) in [6.45, 7) is 0.476. The summed E-state index contributed by atoms with van der Waals surface area (Å²) in [6.07, 6.45) is 1.98. The van der Waals surface area contributed by atoms with Crippen LogP contribution in [-0.4, -0.2) is 47.2 Å². The minimum atomic E-state index is -1.08. The van der Waals surface area contributed by atoms with Crippen molar-refractivity contribution in [2.45, 2.75) is 37.8 Å². The molecule has 0 radical (unpaired) electrons. The summed E-state index contributed by atoms with van der Waals surface area (Å²) < 4.78 is 0. The first kappa shape index (κ1) is 23.0. The molecule has 168 valence electrons. The summed E-state index contributed by atoms with van der Waals surface area (Å²) >= 11 is 0. The largest absolute Gasteiger partial charge is 0.480 e. The van der Waals surface area contributed by atoms with Crippen LogP contribution in [0.25, 0.3) is 0 Å². The normalized spacial score (nSPS) is 16.3. The Kier molecular flexibility index (Phi) is 7.56. The molecule has 2 amide bonds. The molecule has 1 unspecified atom stereocenters. The molecule has 0 aromatic heterocycles. The monoisotopic (exact) mass is 437 g/mol. The number of hydrazone groups is 1. The lowest BCUT2D eigenvalue weighted by molar-refractivity contribution is -0.139. The predicted molar refractivity (Wildman–Crippen MR) is 121 cm³/mol. The van der Waals surface area contributed by atoms with Crippen LogP contribution in [0.5, 0.6) is 0 Å². The van der Waals surface area contributed by atoms with Crippen molar-refractivity contribution in [3.8, 4) is 0 Å². The second-order valence-corrected chi connectivity index (χ2v) is 7.58. The summed E-state index contributed by atoms with van der Waals surface area (Å²) in [6, 6.07) is 14.4. The highest BCUT2D eigenvalue weighted by molar-refractivity contribution is 6.07. The summed E-state index contributed by atoms with van der Waals surface area (Å²) in [5, 5.41) is 18.1. The molecule has 0 saturated carbocycles. The van der Waals surface area contributed by atoms with Gasteiger partial charge in [0.2, 0.25) is 5.91 Å². The van der Waals surface area contributed by atoms with Gasteiger partial charge in [0.1, 0.15) is 12.1 Å². The molecule has 2 atom stereocenters. The van der Waals surface area contributed by atoms with Gasteiger partial charge in [-0.15, -0.1) is 0 Å². The molecule has 9 heteroatoms. The molecule has 1 aliphatic heterocycles. The molecule has 0 bridgehead atoms. The first-order chi connectivity index (χ1) is 15.4. The van der Waals surface area contributed by atoms with Crippen molar-refractivity contribution in [3.05, 3.63) is 65.7 Å². The van der Waals surface area contributed by atoms with Gasteiger partial charge >= 0.3 is 5.97 Å². The van der Waals surface area contributed by atoms with E-state index in [0.717, 1.165) is 11.3 Å². The second kappa shape index (κ2) is 10.5. The summed E-state index contributed by atoms with van der Waals surface area (Å²) in [7, 11) is 0. The molecular formula is C23H27N5O4. The lowest BCUT2D eigenvalue weighted by Gasteiger charge is -2.20. The number of carbonyl (C=O) groups excluding carboxylic acids is 2. The average molecular weight is 438 g/mol. The van der Waals surface area contributed by atoms with E-state index in [1.807, 2.05) is 30.3 Å². The van der Waals surface area contributed by atoms with Crippen LogP contribution >= 0.6 is 0 Å². The van der Waals surface area contributed by atoms with Crippen molar-refractivity contribution in [2.24, 2.45) is 16.6 Å². The standard InChI is InChI=1S/C23H27N5O4/c24-13-5-4-8-18(23(31)32)26-22(30)16-11-9-15(10-12-16)19-14-20(21(25)29)28(27-19)17-6-2-1-3-7-17/h1-3,6-7,9-12,18,20H,4-5,8,13-14,24H2,(H2,25,29)(H,26,30)(H,31,32)/t18-,20?/m0/s1. The van der Waals surface area contributed by atoms with Crippen molar-refractivity contribution in [1.29, 1.82) is 0 Å². The summed E-state index contributed by atoms with van der Waals surface area (Å²) in [4.78, 5) is 35.9. The number of carboxylic acids is 1. The number of nitrogens with one attached hydrogen (secondary N) is 1. The number of benzene rings is 2. The van der Waals surface area contributed by atoms with E-state index < -0.39 is 29.9 Å². The fraction of sp³-hybridized carbons (Fsp3) is 0.304. The summed E-state index contributed by atoms with van der Waals surface area (Å²) in [5.74, 6) is -2.02. The molecule has 2 aromatic rings. The van der Waals surface area contributed by atoms with Crippen molar-refractivity contribution in [2.75, 3.05) is 11.6 Å². The Morgan fingerprint density at radius 3 is 2.38 bits per heavy atom. The van der Waals surface area contributed by atoms with E-state index in [4.69, 9.17) is 11.5 Å². The van der Waals surface area contributed by atoms with Gasteiger partial charge in [0, 0.05) is 12.0 Å². The first-order valence-corrected chi connectivity index (χ1v) is 10.5. The van der Waals surface area contributed by atoms with Crippen molar-refractivity contribution in [1.82, 2.24) is 5.32 Å². The maximum Gasteiger partial charge on any atom is 0.326 e. The quantitative estimate of drug-likeness (QED) is 0.413. The molecule has 0 saturated heterocycles. The highest BCUT2D eigenvalue weighted by Gasteiger charge is 2.32. The van der Waals surface area contributed by atoms with Crippen LogP contribution in [0.15, 0.2) is 59.7 Å². The molecule has 1 heterocycles. The number of carboxylic acid groups (broad SMARTS) is 1. The number of nitrogens with two attached hydrogens (primary N) is 2. The molecule has 0 fully saturated rings. The molecular weight excluding hydrogens is 410 g/mol. The van der Waals surface area contributed by atoms with Crippen molar-refractivity contribution in [3.63, 3.8) is 0 Å².